The van der Waals surface area contributed by atoms with E-state index in [1.54, 1.807) is 12.1 Å². The molecule has 0 bridgehead atoms. The van der Waals surface area contributed by atoms with Crippen LogP contribution in [0.2, 0.25) is 0 Å². The van der Waals surface area contributed by atoms with Gasteiger partial charge in [-0.25, -0.2) is 20.2 Å². The highest BCUT2D eigenvalue weighted by Gasteiger charge is 2.34. The van der Waals surface area contributed by atoms with Crippen LogP contribution in [-0.2, 0) is 11.3 Å². The van der Waals surface area contributed by atoms with E-state index in [4.69, 9.17) is 0 Å². The molecule has 2 aliphatic rings. The summed E-state index contributed by atoms with van der Waals surface area (Å²) in [6, 6.07) is 14.2. The Morgan fingerprint density at radius 1 is 1.03 bits per heavy atom. The second kappa shape index (κ2) is 8.14. The number of nitrogens with one attached hydrogen (secondary N) is 3. The summed E-state index contributed by atoms with van der Waals surface area (Å²) in [5.74, 6) is 0.827. The van der Waals surface area contributed by atoms with Crippen LogP contribution >= 0.6 is 0 Å². The van der Waals surface area contributed by atoms with E-state index in [0.717, 1.165) is 42.1 Å². The van der Waals surface area contributed by atoms with Crippen molar-refractivity contribution < 1.29 is 9.18 Å². The predicted octanol–water partition coefficient (Wildman–Crippen LogP) is 1.95. The van der Waals surface area contributed by atoms with E-state index in [1.165, 1.54) is 12.1 Å². The Morgan fingerprint density at radius 2 is 1.80 bits per heavy atom. The topological polar surface area (TPSA) is 76.3 Å². The van der Waals surface area contributed by atoms with E-state index < -0.39 is 0 Å². The van der Waals surface area contributed by atoms with Crippen molar-refractivity contribution >= 4 is 16.9 Å². The minimum atomic E-state index is -0.262. The number of carbonyl (C=O) groups excluding carboxylic acids is 1. The SMILES string of the molecule is O=C(C1CC(c2ccc(F)cc2)NN1)N1CCN(Cc2nc3ccccc3[nH]2)CC1. The third-order valence-corrected chi connectivity index (χ3v) is 5.97. The van der Waals surface area contributed by atoms with E-state index in [-0.39, 0.29) is 23.8 Å². The van der Waals surface area contributed by atoms with Crippen LogP contribution in [0.25, 0.3) is 11.0 Å². The molecule has 7 nitrogen and oxygen atoms in total. The van der Waals surface area contributed by atoms with Gasteiger partial charge in [0.25, 0.3) is 0 Å². The van der Waals surface area contributed by atoms with Gasteiger partial charge in [-0.3, -0.25) is 9.69 Å². The lowest BCUT2D eigenvalue weighted by atomic mass is 10.0. The van der Waals surface area contributed by atoms with E-state index >= 15 is 0 Å². The van der Waals surface area contributed by atoms with Gasteiger partial charge in [-0.15, -0.1) is 0 Å². The highest BCUT2D eigenvalue weighted by molar-refractivity contribution is 5.82. The molecule has 3 aromatic rings. The van der Waals surface area contributed by atoms with Crippen LogP contribution in [0, 0.1) is 5.82 Å². The summed E-state index contributed by atoms with van der Waals surface area (Å²) in [6.07, 6.45) is 0.656. The Bertz CT molecular complexity index is 995. The molecule has 2 aliphatic heterocycles. The smallest absolute Gasteiger partial charge is 0.241 e. The first-order chi connectivity index (χ1) is 14.7. The zero-order valence-corrected chi connectivity index (χ0v) is 16.6. The number of piperazine rings is 1. The van der Waals surface area contributed by atoms with E-state index in [0.29, 0.717) is 19.5 Å². The van der Waals surface area contributed by atoms with Crippen molar-refractivity contribution in [2.45, 2.75) is 25.0 Å². The number of halogens is 1. The normalized spacial score (nSPS) is 22.6. The summed E-state index contributed by atoms with van der Waals surface area (Å²) in [5.41, 5.74) is 9.31. The van der Waals surface area contributed by atoms with Crippen molar-refractivity contribution in [3.63, 3.8) is 0 Å². The first-order valence-electron chi connectivity index (χ1n) is 10.4. The standard InChI is InChI=1S/C22H25FN6O/c23-16-7-5-15(6-8-16)19-13-20(27-26-19)22(30)29-11-9-28(10-12-29)14-21-24-17-3-1-2-4-18(17)25-21/h1-8,19-20,26-27H,9-14H2,(H,24,25). The van der Waals surface area contributed by atoms with Crippen LogP contribution in [0.15, 0.2) is 48.5 Å². The van der Waals surface area contributed by atoms with Crippen molar-refractivity contribution in [1.29, 1.82) is 0 Å². The van der Waals surface area contributed by atoms with Crippen LogP contribution in [0.3, 0.4) is 0 Å². The van der Waals surface area contributed by atoms with Crippen LogP contribution < -0.4 is 10.9 Å². The average molecular weight is 408 g/mol. The molecule has 3 N–H and O–H groups in total. The summed E-state index contributed by atoms with van der Waals surface area (Å²) in [7, 11) is 0. The average Bonchev–Trinajstić information content (AvgIpc) is 3.41. The summed E-state index contributed by atoms with van der Waals surface area (Å²) in [5, 5.41) is 0. The first kappa shape index (κ1) is 19.2. The summed E-state index contributed by atoms with van der Waals surface area (Å²) >= 11 is 0. The van der Waals surface area contributed by atoms with E-state index in [9.17, 15) is 9.18 Å². The number of nitrogens with zero attached hydrogens (tertiary/aromatic N) is 3. The summed E-state index contributed by atoms with van der Waals surface area (Å²) in [4.78, 5) is 25.2. The molecule has 156 valence electrons. The lowest BCUT2D eigenvalue weighted by Gasteiger charge is -2.35. The Labute approximate surface area is 174 Å². The number of para-hydroxylation sites is 2. The molecule has 5 rings (SSSR count). The molecule has 30 heavy (non-hydrogen) atoms. The second-order valence-electron chi connectivity index (χ2n) is 7.98. The fourth-order valence-electron chi connectivity index (χ4n) is 4.27. The number of carbonyl (C=O) groups is 1. The van der Waals surface area contributed by atoms with Gasteiger partial charge in [-0.2, -0.15) is 0 Å². The van der Waals surface area contributed by atoms with Gasteiger partial charge >= 0.3 is 0 Å². The summed E-state index contributed by atoms with van der Waals surface area (Å²) < 4.78 is 13.1. The molecule has 2 atom stereocenters. The highest BCUT2D eigenvalue weighted by atomic mass is 19.1. The largest absolute Gasteiger partial charge is 0.341 e. The monoisotopic (exact) mass is 408 g/mol. The van der Waals surface area contributed by atoms with Gasteiger partial charge in [0.15, 0.2) is 0 Å². The van der Waals surface area contributed by atoms with Crippen LogP contribution in [0.5, 0.6) is 0 Å². The molecule has 0 saturated carbocycles. The third-order valence-electron chi connectivity index (χ3n) is 5.97. The number of hydrogen-bond acceptors (Lipinski definition) is 5. The fourth-order valence-corrected chi connectivity index (χ4v) is 4.27. The minimum absolute atomic E-state index is 0.00826. The third kappa shape index (κ3) is 3.94. The van der Waals surface area contributed by atoms with Crippen molar-refractivity contribution in [1.82, 2.24) is 30.6 Å². The maximum Gasteiger partial charge on any atom is 0.241 e. The Morgan fingerprint density at radius 3 is 2.57 bits per heavy atom. The molecule has 1 amide bonds. The number of H-pyrrole nitrogens is 1. The number of imidazole rings is 1. The Balaban J connectivity index is 1.13. The number of amides is 1. The molecule has 8 heteroatoms. The zero-order chi connectivity index (χ0) is 20.5. The number of rotatable bonds is 4. The zero-order valence-electron chi connectivity index (χ0n) is 16.6. The van der Waals surface area contributed by atoms with Gasteiger partial charge in [0.2, 0.25) is 5.91 Å². The van der Waals surface area contributed by atoms with Gasteiger partial charge in [-0.1, -0.05) is 24.3 Å². The molecule has 0 radical (unpaired) electrons. The van der Waals surface area contributed by atoms with Gasteiger partial charge in [0, 0.05) is 32.2 Å². The lowest BCUT2D eigenvalue weighted by molar-refractivity contribution is -0.135. The van der Waals surface area contributed by atoms with Crippen molar-refractivity contribution in [3.05, 3.63) is 65.7 Å². The van der Waals surface area contributed by atoms with Crippen molar-refractivity contribution in [3.8, 4) is 0 Å². The number of benzene rings is 2. The molecule has 1 aromatic heterocycles. The molecule has 2 fully saturated rings. The molecular formula is C22H25FN6O. The lowest BCUT2D eigenvalue weighted by Crippen LogP contribution is -2.53. The number of aromatic nitrogens is 2. The molecule has 0 aliphatic carbocycles. The Hall–Kier alpha value is -2.81. The van der Waals surface area contributed by atoms with Gasteiger partial charge < -0.3 is 9.88 Å². The maximum atomic E-state index is 13.1. The fraction of sp³-hybridized carbons (Fsp3) is 0.364. The Kier molecular flexibility index (Phi) is 5.20. The van der Waals surface area contributed by atoms with Crippen molar-refractivity contribution in [2.75, 3.05) is 26.2 Å². The number of fused-ring (bicyclic) bond motifs is 1. The number of hydrazine groups is 1. The van der Waals surface area contributed by atoms with Crippen LogP contribution in [0.4, 0.5) is 4.39 Å². The minimum Gasteiger partial charge on any atom is -0.341 e. The van der Waals surface area contributed by atoms with Crippen LogP contribution in [0.1, 0.15) is 23.9 Å². The quantitative estimate of drug-likeness (QED) is 0.615. The van der Waals surface area contributed by atoms with Gasteiger partial charge in [0.1, 0.15) is 17.7 Å². The molecule has 2 aromatic carbocycles. The molecular weight excluding hydrogens is 383 g/mol. The van der Waals surface area contributed by atoms with Gasteiger partial charge in [0.05, 0.1) is 17.6 Å². The predicted molar refractivity (Wildman–Crippen MR) is 112 cm³/mol. The summed E-state index contributed by atoms with van der Waals surface area (Å²) in [6.45, 7) is 3.82. The van der Waals surface area contributed by atoms with Gasteiger partial charge in [-0.05, 0) is 36.2 Å². The second-order valence-corrected chi connectivity index (χ2v) is 7.98. The highest BCUT2D eigenvalue weighted by Crippen LogP contribution is 2.23. The molecule has 2 saturated heterocycles. The molecule has 2 unspecified atom stereocenters. The van der Waals surface area contributed by atoms with Crippen LogP contribution in [-0.4, -0.2) is 57.9 Å². The molecule has 0 spiro atoms. The molecule has 3 heterocycles. The van der Waals surface area contributed by atoms with E-state index in [2.05, 4.69) is 25.7 Å². The number of hydrogen-bond donors (Lipinski definition) is 3. The maximum absolute atomic E-state index is 13.1. The first-order valence-corrected chi connectivity index (χ1v) is 10.4. The van der Waals surface area contributed by atoms with Crippen molar-refractivity contribution in [2.24, 2.45) is 0 Å². The van der Waals surface area contributed by atoms with E-state index in [1.807, 2.05) is 29.2 Å². The number of aromatic amines is 1.